The van der Waals surface area contributed by atoms with Gasteiger partial charge in [0.15, 0.2) is 0 Å². The number of carboxylic acids is 1. The molecule has 1 heterocycles. The lowest BCUT2D eigenvalue weighted by Crippen LogP contribution is -2.46. The Morgan fingerprint density at radius 2 is 2.05 bits per heavy atom. The predicted molar refractivity (Wildman–Crippen MR) is 69.1 cm³/mol. The maximum absolute atomic E-state index is 12.2. The Morgan fingerprint density at radius 1 is 1.42 bits per heavy atom. The largest absolute Gasteiger partial charge is 0.481 e. The van der Waals surface area contributed by atoms with E-state index < -0.39 is 22.0 Å². The average Bonchev–Trinajstić information content (AvgIpc) is 2.75. The van der Waals surface area contributed by atoms with Crippen LogP contribution in [0.25, 0.3) is 0 Å². The molecule has 1 aliphatic rings. The van der Waals surface area contributed by atoms with Crippen LogP contribution in [0.5, 0.6) is 0 Å². The van der Waals surface area contributed by atoms with Crippen LogP contribution in [0.1, 0.15) is 25.7 Å². The predicted octanol–water partition coefficient (Wildman–Crippen LogP) is -0.266. The van der Waals surface area contributed by atoms with Crippen molar-refractivity contribution in [2.75, 3.05) is 26.4 Å². The van der Waals surface area contributed by atoms with Crippen LogP contribution in [-0.2, 0) is 19.6 Å². The summed E-state index contributed by atoms with van der Waals surface area (Å²) in [5.74, 6) is -1.16. The third-order valence-electron chi connectivity index (χ3n) is 3.18. The first-order chi connectivity index (χ1) is 8.73. The number of amides is 1. The molecule has 0 saturated carbocycles. The van der Waals surface area contributed by atoms with Crippen LogP contribution in [-0.4, -0.2) is 67.0 Å². The van der Waals surface area contributed by atoms with Gasteiger partial charge in [0.25, 0.3) is 0 Å². The van der Waals surface area contributed by atoms with E-state index >= 15 is 0 Å². The van der Waals surface area contributed by atoms with Crippen molar-refractivity contribution in [2.45, 2.75) is 31.7 Å². The molecule has 0 aromatic rings. The van der Waals surface area contributed by atoms with Crippen molar-refractivity contribution in [3.63, 3.8) is 0 Å². The van der Waals surface area contributed by atoms with Crippen molar-refractivity contribution < 1.29 is 23.1 Å². The summed E-state index contributed by atoms with van der Waals surface area (Å²) in [6.07, 6.45) is 2.66. The zero-order chi connectivity index (χ0) is 14.6. The fourth-order valence-electron chi connectivity index (χ4n) is 2.22. The molecule has 0 bridgehead atoms. The topological polar surface area (TPSA) is 95.0 Å². The minimum absolute atomic E-state index is 0.00191. The number of nitrogens with zero attached hydrogens (tertiary/aromatic N) is 2. The number of sulfonamides is 1. The highest BCUT2D eigenvalue weighted by Crippen LogP contribution is 2.21. The van der Waals surface area contributed by atoms with Crippen molar-refractivity contribution in [1.82, 2.24) is 9.21 Å². The van der Waals surface area contributed by atoms with Gasteiger partial charge in [-0.1, -0.05) is 0 Å². The highest BCUT2D eigenvalue weighted by Gasteiger charge is 2.37. The van der Waals surface area contributed by atoms with E-state index in [9.17, 15) is 18.0 Å². The van der Waals surface area contributed by atoms with E-state index in [0.717, 1.165) is 6.26 Å². The van der Waals surface area contributed by atoms with Crippen LogP contribution in [0, 0.1) is 0 Å². The maximum Gasteiger partial charge on any atom is 0.303 e. The fraction of sp³-hybridized carbons (Fsp3) is 0.818. The van der Waals surface area contributed by atoms with Gasteiger partial charge in [0.2, 0.25) is 15.9 Å². The first-order valence-electron chi connectivity index (χ1n) is 6.17. The summed E-state index contributed by atoms with van der Waals surface area (Å²) in [6.45, 7) is 0.692. The Labute approximate surface area is 113 Å². The monoisotopic (exact) mass is 292 g/mol. The third kappa shape index (κ3) is 4.46. The van der Waals surface area contributed by atoms with Gasteiger partial charge in [-0.25, -0.2) is 8.42 Å². The van der Waals surface area contributed by atoms with E-state index in [4.69, 9.17) is 5.11 Å². The Kier molecular flexibility index (Phi) is 5.30. The lowest BCUT2D eigenvalue weighted by atomic mass is 10.2. The van der Waals surface area contributed by atoms with Crippen LogP contribution in [0.3, 0.4) is 0 Å². The third-order valence-corrected chi connectivity index (χ3v) is 4.46. The molecule has 0 aromatic carbocycles. The smallest absolute Gasteiger partial charge is 0.303 e. The van der Waals surface area contributed by atoms with Gasteiger partial charge in [-0.05, 0) is 19.3 Å². The number of carbonyl (C=O) groups excluding carboxylic acids is 1. The molecule has 1 saturated heterocycles. The van der Waals surface area contributed by atoms with E-state index in [1.54, 1.807) is 7.05 Å². The maximum atomic E-state index is 12.2. The van der Waals surface area contributed by atoms with Crippen LogP contribution in [0.4, 0.5) is 0 Å². The molecule has 1 aliphatic heterocycles. The Balaban J connectivity index is 2.58. The number of hydrogen-bond donors (Lipinski definition) is 1. The minimum Gasteiger partial charge on any atom is -0.481 e. The van der Waals surface area contributed by atoms with Gasteiger partial charge < -0.3 is 10.0 Å². The van der Waals surface area contributed by atoms with Crippen LogP contribution in [0.2, 0.25) is 0 Å². The number of aliphatic carboxylic acids is 1. The highest BCUT2D eigenvalue weighted by atomic mass is 32.2. The van der Waals surface area contributed by atoms with Gasteiger partial charge in [-0.2, -0.15) is 4.31 Å². The molecule has 7 nitrogen and oxygen atoms in total. The summed E-state index contributed by atoms with van der Waals surface area (Å²) in [4.78, 5) is 24.0. The SMILES string of the molecule is CN(CCCC(=O)O)C(=O)C1CCCN1S(C)(=O)=O. The molecule has 19 heavy (non-hydrogen) atoms. The van der Waals surface area contributed by atoms with Crippen LogP contribution >= 0.6 is 0 Å². The zero-order valence-corrected chi connectivity index (χ0v) is 12.0. The molecular weight excluding hydrogens is 272 g/mol. The lowest BCUT2D eigenvalue weighted by molar-refractivity contribution is -0.138. The molecule has 1 amide bonds. The van der Waals surface area contributed by atoms with Crippen LogP contribution < -0.4 is 0 Å². The lowest BCUT2D eigenvalue weighted by Gasteiger charge is -2.26. The molecule has 1 unspecified atom stereocenters. The van der Waals surface area contributed by atoms with E-state index in [1.165, 1.54) is 9.21 Å². The van der Waals surface area contributed by atoms with Crippen molar-refractivity contribution in [1.29, 1.82) is 0 Å². The van der Waals surface area contributed by atoms with Gasteiger partial charge in [-0.15, -0.1) is 0 Å². The molecule has 1 fully saturated rings. The summed E-state index contributed by atoms with van der Waals surface area (Å²) in [6, 6.07) is -0.634. The summed E-state index contributed by atoms with van der Waals surface area (Å²) < 4.78 is 24.3. The summed E-state index contributed by atoms with van der Waals surface area (Å²) in [5.41, 5.74) is 0. The van der Waals surface area contributed by atoms with Gasteiger partial charge >= 0.3 is 5.97 Å². The van der Waals surface area contributed by atoms with Gasteiger partial charge in [0.1, 0.15) is 6.04 Å². The molecule has 1 N–H and O–H groups in total. The second-order valence-corrected chi connectivity index (χ2v) is 6.72. The standard InChI is InChI=1S/C11H20N2O5S/c1-12(7-4-6-10(14)15)11(16)9-5-3-8-13(9)19(2,17)18/h9H,3-8H2,1-2H3,(H,14,15). The fourth-order valence-corrected chi connectivity index (χ4v) is 3.33. The van der Waals surface area contributed by atoms with Gasteiger partial charge in [0, 0.05) is 26.6 Å². The molecule has 0 radical (unpaired) electrons. The van der Waals surface area contributed by atoms with Crippen molar-refractivity contribution in [2.24, 2.45) is 0 Å². The first-order valence-corrected chi connectivity index (χ1v) is 8.02. The molecule has 1 rings (SSSR count). The normalized spacial score (nSPS) is 20.4. The number of carboxylic acid groups (broad SMARTS) is 1. The average molecular weight is 292 g/mol. The summed E-state index contributed by atoms with van der Waals surface area (Å²) in [7, 11) is -1.80. The first kappa shape index (κ1) is 15.9. The quantitative estimate of drug-likeness (QED) is 0.727. The Morgan fingerprint density at radius 3 is 2.58 bits per heavy atom. The molecular formula is C11H20N2O5S. The van der Waals surface area contributed by atoms with E-state index in [0.29, 0.717) is 32.4 Å². The molecule has 1 atom stereocenters. The van der Waals surface area contributed by atoms with E-state index in [2.05, 4.69) is 0 Å². The van der Waals surface area contributed by atoms with Gasteiger partial charge in [-0.3, -0.25) is 9.59 Å². The Bertz CT molecular complexity index is 448. The summed E-state index contributed by atoms with van der Waals surface area (Å²) in [5, 5.41) is 8.53. The van der Waals surface area contributed by atoms with E-state index in [-0.39, 0.29) is 12.3 Å². The second kappa shape index (κ2) is 6.33. The van der Waals surface area contributed by atoms with Crippen LogP contribution in [0.15, 0.2) is 0 Å². The van der Waals surface area contributed by atoms with Crippen molar-refractivity contribution >= 4 is 21.9 Å². The van der Waals surface area contributed by atoms with Gasteiger partial charge in [0.05, 0.1) is 6.26 Å². The van der Waals surface area contributed by atoms with Crippen molar-refractivity contribution in [3.8, 4) is 0 Å². The molecule has 0 spiro atoms. The van der Waals surface area contributed by atoms with Crippen molar-refractivity contribution in [3.05, 3.63) is 0 Å². The minimum atomic E-state index is -3.37. The molecule has 0 aromatic heterocycles. The molecule has 110 valence electrons. The Hall–Kier alpha value is -1.15. The molecule has 0 aliphatic carbocycles. The summed E-state index contributed by atoms with van der Waals surface area (Å²) >= 11 is 0. The second-order valence-electron chi connectivity index (χ2n) is 4.79. The van der Waals surface area contributed by atoms with E-state index in [1.807, 2.05) is 0 Å². The number of rotatable bonds is 6. The highest BCUT2D eigenvalue weighted by molar-refractivity contribution is 7.88. The number of likely N-dealkylation sites (N-methyl/N-ethyl adjacent to an activating group) is 1. The molecule has 8 heteroatoms. The number of hydrogen-bond acceptors (Lipinski definition) is 4. The number of carbonyl (C=O) groups is 2. The zero-order valence-electron chi connectivity index (χ0n) is 11.2.